The van der Waals surface area contributed by atoms with Gasteiger partial charge >= 0.3 is 6.03 Å². The molecule has 3 aliphatic rings. The largest absolute Gasteiger partial charge is 0.342 e. The van der Waals surface area contributed by atoms with Gasteiger partial charge in [-0.15, -0.1) is 0 Å². The molecular weight excluding hydrogens is 460 g/mol. The minimum absolute atomic E-state index is 0.0606. The highest BCUT2D eigenvalue weighted by atomic mass is 79.9. The van der Waals surface area contributed by atoms with Crippen molar-refractivity contribution in [2.24, 2.45) is 5.92 Å². The minimum atomic E-state index is -1.06. The fraction of sp³-hybridized carbons (Fsp3) is 0.609. The first kappa shape index (κ1) is 22.3. The van der Waals surface area contributed by atoms with E-state index < -0.39 is 5.54 Å². The minimum Gasteiger partial charge on any atom is -0.342 e. The van der Waals surface area contributed by atoms with Crippen LogP contribution in [0.5, 0.6) is 0 Å². The zero-order valence-corrected chi connectivity index (χ0v) is 19.7. The van der Waals surface area contributed by atoms with E-state index in [1.54, 1.807) is 6.92 Å². The van der Waals surface area contributed by atoms with E-state index in [0.717, 1.165) is 61.9 Å². The first-order valence-corrected chi connectivity index (χ1v) is 12.1. The van der Waals surface area contributed by atoms with Gasteiger partial charge in [0.15, 0.2) is 0 Å². The lowest BCUT2D eigenvalue weighted by Gasteiger charge is -2.35. The molecule has 0 radical (unpaired) electrons. The van der Waals surface area contributed by atoms with Crippen LogP contribution in [-0.4, -0.2) is 65.4 Å². The molecular formula is C23H31BrN4O3. The number of halogens is 1. The number of carbonyl (C=O) groups is 3. The van der Waals surface area contributed by atoms with E-state index in [1.807, 2.05) is 24.3 Å². The van der Waals surface area contributed by atoms with Gasteiger partial charge in [-0.25, -0.2) is 9.69 Å². The first-order valence-electron chi connectivity index (χ1n) is 11.3. The molecule has 31 heavy (non-hydrogen) atoms. The number of nitrogens with one attached hydrogen (secondary N) is 1. The first-order chi connectivity index (χ1) is 14.9. The third-order valence-electron chi connectivity index (χ3n) is 6.89. The number of likely N-dealkylation sites (tertiary alicyclic amines) is 2. The summed E-state index contributed by atoms with van der Waals surface area (Å²) in [5.41, 5.74) is -0.294. The van der Waals surface area contributed by atoms with E-state index in [4.69, 9.17) is 0 Å². The maximum atomic E-state index is 13.2. The van der Waals surface area contributed by atoms with Gasteiger partial charge in [0.05, 0.1) is 6.67 Å². The topological polar surface area (TPSA) is 73.0 Å². The average molecular weight is 491 g/mol. The molecule has 0 saturated carbocycles. The van der Waals surface area contributed by atoms with Crippen molar-refractivity contribution < 1.29 is 14.4 Å². The van der Waals surface area contributed by atoms with E-state index in [0.29, 0.717) is 5.91 Å². The molecule has 3 fully saturated rings. The highest BCUT2D eigenvalue weighted by Crippen LogP contribution is 2.30. The Morgan fingerprint density at radius 2 is 1.65 bits per heavy atom. The number of carbonyl (C=O) groups excluding carboxylic acids is 3. The quantitative estimate of drug-likeness (QED) is 0.657. The summed E-state index contributed by atoms with van der Waals surface area (Å²) >= 11 is 3.40. The third kappa shape index (κ3) is 4.65. The van der Waals surface area contributed by atoms with Crippen LogP contribution in [0, 0.1) is 5.92 Å². The van der Waals surface area contributed by atoms with Gasteiger partial charge in [0.25, 0.3) is 5.91 Å². The molecule has 1 aromatic carbocycles. The number of nitrogens with zero attached hydrogens (tertiary/aromatic N) is 3. The van der Waals surface area contributed by atoms with Crippen molar-refractivity contribution in [1.29, 1.82) is 0 Å². The van der Waals surface area contributed by atoms with Gasteiger partial charge in [0.1, 0.15) is 5.54 Å². The fourth-order valence-corrected chi connectivity index (χ4v) is 5.14. The van der Waals surface area contributed by atoms with Crippen LogP contribution >= 0.6 is 15.9 Å². The molecule has 3 heterocycles. The molecule has 4 rings (SSSR count). The van der Waals surface area contributed by atoms with Gasteiger partial charge in [-0.05, 0) is 50.3 Å². The SMILES string of the molecule is CC1(c2ccc(Br)cc2)NC(=O)N(CN2CCC(C(=O)N3CCCCCC3)CC2)C1=O. The molecule has 0 aliphatic carbocycles. The number of urea groups is 1. The summed E-state index contributed by atoms with van der Waals surface area (Å²) < 4.78 is 0.922. The summed E-state index contributed by atoms with van der Waals surface area (Å²) in [7, 11) is 0. The van der Waals surface area contributed by atoms with Crippen molar-refractivity contribution in [3.05, 3.63) is 34.3 Å². The molecule has 8 heteroatoms. The zero-order chi connectivity index (χ0) is 22.0. The number of piperidine rings is 1. The summed E-state index contributed by atoms with van der Waals surface area (Å²) in [5.74, 6) is 0.118. The number of imide groups is 1. The van der Waals surface area contributed by atoms with E-state index in [-0.39, 0.29) is 24.5 Å². The maximum absolute atomic E-state index is 13.2. The van der Waals surface area contributed by atoms with Crippen molar-refractivity contribution in [2.75, 3.05) is 32.8 Å². The summed E-state index contributed by atoms with van der Waals surface area (Å²) in [5, 5.41) is 2.87. The average Bonchev–Trinajstić information content (AvgIpc) is 2.96. The Morgan fingerprint density at radius 1 is 1.03 bits per heavy atom. The molecule has 0 aromatic heterocycles. The standard InChI is InChI=1S/C23H31BrN4O3/c1-23(18-6-8-19(24)9-7-18)21(30)28(22(31)25-23)16-26-14-10-17(11-15-26)20(29)27-12-4-2-3-5-13-27/h6-9,17H,2-5,10-16H2,1H3,(H,25,31). The van der Waals surface area contributed by atoms with Gasteiger partial charge in [-0.1, -0.05) is 40.9 Å². The molecule has 3 aliphatic heterocycles. The van der Waals surface area contributed by atoms with Crippen LogP contribution in [-0.2, 0) is 15.1 Å². The smallest absolute Gasteiger partial charge is 0.326 e. The molecule has 3 saturated heterocycles. The molecule has 1 N–H and O–H groups in total. The predicted octanol–water partition coefficient (Wildman–Crippen LogP) is 3.29. The lowest BCUT2D eigenvalue weighted by atomic mass is 9.92. The molecule has 1 unspecified atom stereocenters. The van der Waals surface area contributed by atoms with Crippen molar-refractivity contribution >= 4 is 33.8 Å². The predicted molar refractivity (Wildman–Crippen MR) is 121 cm³/mol. The van der Waals surface area contributed by atoms with Crippen LogP contribution < -0.4 is 5.32 Å². The molecule has 0 bridgehead atoms. The second-order valence-electron chi connectivity index (χ2n) is 9.07. The lowest BCUT2D eigenvalue weighted by Crippen LogP contribution is -2.48. The monoisotopic (exact) mass is 490 g/mol. The Labute approximate surface area is 192 Å². The molecule has 4 amide bonds. The molecule has 0 spiro atoms. The van der Waals surface area contributed by atoms with Gasteiger partial charge in [0.2, 0.25) is 5.91 Å². The van der Waals surface area contributed by atoms with Crippen LogP contribution in [0.15, 0.2) is 28.7 Å². The maximum Gasteiger partial charge on any atom is 0.326 e. The normalized spacial score (nSPS) is 26.1. The molecule has 1 atom stereocenters. The number of amides is 4. The molecule has 7 nitrogen and oxygen atoms in total. The van der Waals surface area contributed by atoms with Crippen molar-refractivity contribution in [2.45, 2.75) is 51.0 Å². The Balaban J connectivity index is 1.34. The summed E-state index contributed by atoms with van der Waals surface area (Å²) in [4.78, 5) is 44.1. The van der Waals surface area contributed by atoms with Crippen LogP contribution in [0.3, 0.4) is 0 Å². The Kier molecular flexibility index (Phi) is 6.67. The number of benzene rings is 1. The van der Waals surface area contributed by atoms with Crippen LogP contribution in [0.4, 0.5) is 4.79 Å². The number of rotatable bonds is 4. The molecule has 1 aromatic rings. The second kappa shape index (κ2) is 9.28. The lowest BCUT2D eigenvalue weighted by molar-refractivity contribution is -0.138. The summed E-state index contributed by atoms with van der Waals surface area (Å²) in [6.07, 6.45) is 6.20. The Hall–Kier alpha value is -1.93. The summed E-state index contributed by atoms with van der Waals surface area (Å²) in [6.45, 7) is 5.23. The van der Waals surface area contributed by atoms with Gasteiger partial charge in [-0.2, -0.15) is 0 Å². The van der Waals surface area contributed by atoms with E-state index in [1.165, 1.54) is 17.7 Å². The van der Waals surface area contributed by atoms with Gasteiger partial charge in [0, 0.05) is 36.6 Å². The Bertz CT molecular complexity index is 830. The number of hydrogen-bond acceptors (Lipinski definition) is 4. The van der Waals surface area contributed by atoms with Gasteiger partial charge in [-0.3, -0.25) is 14.5 Å². The Morgan fingerprint density at radius 3 is 2.26 bits per heavy atom. The van der Waals surface area contributed by atoms with E-state index in [2.05, 4.69) is 31.0 Å². The van der Waals surface area contributed by atoms with Crippen LogP contribution in [0.2, 0.25) is 0 Å². The highest BCUT2D eigenvalue weighted by Gasteiger charge is 2.49. The van der Waals surface area contributed by atoms with Crippen LogP contribution in [0.1, 0.15) is 51.0 Å². The van der Waals surface area contributed by atoms with Crippen molar-refractivity contribution in [1.82, 2.24) is 20.0 Å². The number of hydrogen-bond donors (Lipinski definition) is 1. The fourth-order valence-electron chi connectivity index (χ4n) is 4.87. The van der Waals surface area contributed by atoms with E-state index >= 15 is 0 Å². The van der Waals surface area contributed by atoms with E-state index in [9.17, 15) is 14.4 Å². The zero-order valence-electron chi connectivity index (χ0n) is 18.1. The van der Waals surface area contributed by atoms with Crippen molar-refractivity contribution in [3.8, 4) is 0 Å². The van der Waals surface area contributed by atoms with Crippen molar-refractivity contribution in [3.63, 3.8) is 0 Å². The van der Waals surface area contributed by atoms with Crippen LogP contribution in [0.25, 0.3) is 0 Å². The highest BCUT2D eigenvalue weighted by molar-refractivity contribution is 9.10. The molecule has 168 valence electrons. The third-order valence-corrected chi connectivity index (χ3v) is 7.42. The van der Waals surface area contributed by atoms with Gasteiger partial charge < -0.3 is 10.2 Å². The summed E-state index contributed by atoms with van der Waals surface area (Å²) in [6, 6.07) is 7.08. The second-order valence-corrected chi connectivity index (χ2v) is 9.98.